The average molecular weight is 288 g/mol. The number of carbonyl (C=O) groups excluding carboxylic acids is 1. The molecule has 8 nitrogen and oxygen atoms in total. The van der Waals surface area contributed by atoms with Crippen molar-refractivity contribution in [3.8, 4) is 0 Å². The molecule has 0 radical (unpaired) electrons. The van der Waals surface area contributed by atoms with Gasteiger partial charge in [0.05, 0.1) is 6.61 Å². The first kappa shape index (κ1) is 14.6. The van der Waals surface area contributed by atoms with Crippen molar-refractivity contribution < 1.29 is 29.2 Å². The zero-order chi connectivity index (χ0) is 15.0. The van der Waals surface area contributed by atoms with Gasteiger partial charge in [0.1, 0.15) is 29.7 Å². The van der Waals surface area contributed by atoms with Crippen LogP contribution in [0.3, 0.4) is 0 Å². The van der Waals surface area contributed by atoms with Gasteiger partial charge in [-0.05, 0) is 6.07 Å². The molecular weight excluding hydrogens is 275 g/mol. The minimum atomic E-state index is -1.52. The van der Waals surface area contributed by atoms with Crippen molar-refractivity contribution in [3.05, 3.63) is 34.0 Å². The predicted octanol–water partition coefficient (Wildman–Crippen LogP) is -2.30. The summed E-state index contributed by atoms with van der Waals surface area (Å²) in [6.45, 7) is -0.576. The van der Waals surface area contributed by atoms with Gasteiger partial charge in [-0.2, -0.15) is 0 Å². The van der Waals surface area contributed by atoms with Crippen LogP contribution in [0.4, 0.5) is 4.39 Å². The smallest absolute Gasteiger partial charge is 0.268 e. The van der Waals surface area contributed by atoms with E-state index in [1.807, 2.05) is 0 Å². The number of hydrogen-bond acceptors (Lipinski definition) is 6. The number of primary amides is 1. The Bertz CT molecular complexity index is 589. The SMILES string of the molecule is NC(=O)c1c(F)ccn(C2OC(CO)C(O)C2O)c1=O. The van der Waals surface area contributed by atoms with Crippen molar-refractivity contribution >= 4 is 5.91 Å². The molecule has 1 saturated heterocycles. The largest absolute Gasteiger partial charge is 0.394 e. The molecule has 0 aliphatic carbocycles. The standard InChI is InChI=1S/C11H13FN2O6/c12-4-1-2-14(10(19)6(4)9(13)18)11-8(17)7(16)5(3-15)20-11/h1-2,5,7-8,11,15-17H,3H2,(H2,13,18). The zero-order valence-corrected chi connectivity index (χ0v) is 10.1. The maximum Gasteiger partial charge on any atom is 0.268 e. The summed E-state index contributed by atoms with van der Waals surface area (Å²) in [5.41, 5.74) is 2.95. The van der Waals surface area contributed by atoms with Crippen LogP contribution in [0.1, 0.15) is 16.6 Å². The summed E-state index contributed by atoms with van der Waals surface area (Å²) in [5.74, 6) is -2.35. The highest BCUT2D eigenvalue weighted by molar-refractivity contribution is 5.92. The molecule has 2 rings (SSSR count). The van der Waals surface area contributed by atoms with Crippen LogP contribution < -0.4 is 11.3 Å². The topological polar surface area (TPSA) is 135 Å². The fourth-order valence-corrected chi connectivity index (χ4v) is 2.06. The van der Waals surface area contributed by atoms with Gasteiger partial charge < -0.3 is 25.8 Å². The van der Waals surface area contributed by atoms with Gasteiger partial charge >= 0.3 is 0 Å². The fourth-order valence-electron chi connectivity index (χ4n) is 2.06. The second-order valence-corrected chi connectivity index (χ2v) is 4.34. The summed E-state index contributed by atoms with van der Waals surface area (Å²) in [7, 11) is 0. The molecule has 5 N–H and O–H groups in total. The van der Waals surface area contributed by atoms with Crippen LogP contribution in [0.2, 0.25) is 0 Å². The van der Waals surface area contributed by atoms with Crippen molar-refractivity contribution in [2.45, 2.75) is 24.5 Å². The van der Waals surface area contributed by atoms with E-state index < -0.39 is 54.0 Å². The second-order valence-electron chi connectivity index (χ2n) is 4.34. The molecule has 4 atom stereocenters. The van der Waals surface area contributed by atoms with E-state index in [2.05, 4.69) is 0 Å². The zero-order valence-electron chi connectivity index (χ0n) is 10.1. The summed E-state index contributed by atoms with van der Waals surface area (Å²) in [6.07, 6.45) is -4.42. The number of amides is 1. The molecule has 0 saturated carbocycles. The second kappa shape index (κ2) is 5.29. The lowest BCUT2D eigenvalue weighted by atomic mass is 10.1. The van der Waals surface area contributed by atoms with E-state index in [1.165, 1.54) is 0 Å². The Kier molecular flexibility index (Phi) is 3.86. The lowest BCUT2D eigenvalue weighted by Crippen LogP contribution is -2.38. The van der Waals surface area contributed by atoms with E-state index in [-0.39, 0.29) is 0 Å². The molecule has 9 heteroatoms. The summed E-state index contributed by atoms with van der Waals surface area (Å²) in [4.78, 5) is 23.0. The number of aliphatic hydroxyl groups excluding tert-OH is 3. The molecular formula is C11H13FN2O6. The first-order valence-electron chi connectivity index (χ1n) is 5.71. The molecule has 4 unspecified atom stereocenters. The quantitative estimate of drug-likeness (QED) is 0.494. The van der Waals surface area contributed by atoms with E-state index in [1.54, 1.807) is 0 Å². The third-order valence-electron chi connectivity index (χ3n) is 3.11. The van der Waals surface area contributed by atoms with Crippen LogP contribution in [0, 0.1) is 5.82 Å². The lowest BCUT2D eigenvalue weighted by Gasteiger charge is -2.18. The van der Waals surface area contributed by atoms with Crippen molar-refractivity contribution in [1.29, 1.82) is 0 Å². The van der Waals surface area contributed by atoms with Crippen molar-refractivity contribution in [2.75, 3.05) is 6.61 Å². The molecule has 2 heterocycles. The Morgan fingerprint density at radius 2 is 2.10 bits per heavy atom. The van der Waals surface area contributed by atoms with Gasteiger partial charge in [-0.15, -0.1) is 0 Å². The van der Waals surface area contributed by atoms with Crippen LogP contribution in [0.15, 0.2) is 17.1 Å². The minimum absolute atomic E-state index is 0.576. The highest BCUT2D eigenvalue weighted by Crippen LogP contribution is 2.28. The number of ether oxygens (including phenoxy) is 1. The molecule has 1 aliphatic heterocycles. The number of aliphatic hydroxyl groups is 3. The van der Waals surface area contributed by atoms with Gasteiger partial charge in [-0.25, -0.2) is 4.39 Å². The molecule has 110 valence electrons. The normalized spacial score (nSPS) is 29.6. The lowest BCUT2D eigenvalue weighted by molar-refractivity contribution is -0.0545. The van der Waals surface area contributed by atoms with Gasteiger partial charge in [-0.1, -0.05) is 0 Å². The van der Waals surface area contributed by atoms with E-state index >= 15 is 0 Å². The number of nitrogens with zero attached hydrogens (tertiary/aromatic N) is 1. The van der Waals surface area contributed by atoms with Crippen LogP contribution >= 0.6 is 0 Å². The molecule has 1 aromatic heterocycles. The van der Waals surface area contributed by atoms with E-state index in [4.69, 9.17) is 15.6 Å². The van der Waals surface area contributed by atoms with Crippen molar-refractivity contribution in [2.24, 2.45) is 5.73 Å². The van der Waals surface area contributed by atoms with Gasteiger partial charge in [0.2, 0.25) is 0 Å². The van der Waals surface area contributed by atoms with E-state index in [9.17, 15) is 24.2 Å². The number of aromatic nitrogens is 1. The number of carbonyl (C=O) groups is 1. The van der Waals surface area contributed by atoms with Crippen molar-refractivity contribution in [3.63, 3.8) is 0 Å². The van der Waals surface area contributed by atoms with Crippen LogP contribution in [0.25, 0.3) is 0 Å². The molecule has 0 bridgehead atoms. The minimum Gasteiger partial charge on any atom is -0.394 e. The Morgan fingerprint density at radius 3 is 2.60 bits per heavy atom. The number of hydrogen-bond donors (Lipinski definition) is 4. The van der Waals surface area contributed by atoms with Gasteiger partial charge in [0.25, 0.3) is 11.5 Å². The number of halogens is 1. The third kappa shape index (κ3) is 2.20. The molecule has 1 fully saturated rings. The van der Waals surface area contributed by atoms with Crippen LogP contribution in [-0.2, 0) is 4.74 Å². The molecule has 1 aromatic rings. The number of rotatable bonds is 3. The average Bonchev–Trinajstić information content (AvgIpc) is 2.66. The third-order valence-corrected chi connectivity index (χ3v) is 3.11. The Labute approximate surface area is 111 Å². The van der Waals surface area contributed by atoms with E-state index in [0.717, 1.165) is 16.8 Å². The van der Waals surface area contributed by atoms with Crippen molar-refractivity contribution in [1.82, 2.24) is 4.57 Å². The summed E-state index contributed by atoms with van der Waals surface area (Å²) in [5, 5.41) is 28.3. The summed E-state index contributed by atoms with van der Waals surface area (Å²) >= 11 is 0. The predicted molar refractivity (Wildman–Crippen MR) is 62.2 cm³/mol. The Morgan fingerprint density at radius 1 is 1.45 bits per heavy atom. The fraction of sp³-hybridized carbons (Fsp3) is 0.455. The number of pyridine rings is 1. The molecule has 0 spiro atoms. The van der Waals surface area contributed by atoms with Gasteiger partial charge in [0.15, 0.2) is 6.23 Å². The first-order chi connectivity index (χ1) is 9.38. The molecule has 20 heavy (non-hydrogen) atoms. The molecule has 1 aliphatic rings. The van der Waals surface area contributed by atoms with E-state index in [0.29, 0.717) is 0 Å². The highest BCUT2D eigenvalue weighted by atomic mass is 19.1. The van der Waals surface area contributed by atoms with Gasteiger partial charge in [0, 0.05) is 6.20 Å². The maximum atomic E-state index is 13.4. The highest BCUT2D eigenvalue weighted by Gasteiger charge is 2.44. The Balaban J connectivity index is 2.47. The first-order valence-corrected chi connectivity index (χ1v) is 5.71. The Hall–Kier alpha value is -1.81. The van der Waals surface area contributed by atoms with Crippen LogP contribution in [0.5, 0.6) is 0 Å². The van der Waals surface area contributed by atoms with Gasteiger partial charge in [-0.3, -0.25) is 14.2 Å². The monoisotopic (exact) mass is 288 g/mol. The maximum absolute atomic E-state index is 13.4. The molecule has 1 amide bonds. The summed E-state index contributed by atoms with van der Waals surface area (Å²) in [6, 6.07) is 0.816. The number of nitrogens with two attached hydrogens (primary N) is 1. The summed E-state index contributed by atoms with van der Waals surface area (Å²) < 4.78 is 19.2. The molecule has 0 aromatic carbocycles. The van der Waals surface area contributed by atoms with Crippen LogP contribution in [-0.4, -0.2) is 50.7 Å².